The first kappa shape index (κ1) is 19.0. The Morgan fingerprint density at radius 1 is 0.968 bits per heavy atom. The molecule has 0 aromatic heterocycles. The Hall–Kier alpha value is -2.73. The van der Waals surface area contributed by atoms with Crippen LogP contribution >= 0.6 is 15.9 Å². The van der Waals surface area contributed by atoms with Gasteiger partial charge in [-0.15, -0.1) is 0 Å². The average molecular weight is 478 g/mol. The summed E-state index contributed by atoms with van der Waals surface area (Å²) in [6.07, 6.45) is 5.48. The minimum Gasteiger partial charge on any atom is -0.485 e. The SMILES string of the molecule is O=C(COc1cccc(N2C(=O)C3C4C=CC(C5CC45)C3C2=O)c1)c1ccc(Br)cc1. The second kappa shape index (κ2) is 6.89. The van der Waals surface area contributed by atoms with E-state index in [0.29, 0.717) is 28.8 Å². The fourth-order valence-corrected chi connectivity index (χ4v) is 6.06. The zero-order valence-corrected chi connectivity index (χ0v) is 18.2. The van der Waals surface area contributed by atoms with Crippen LogP contribution < -0.4 is 9.64 Å². The lowest BCUT2D eigenvalue weighted by atomic mass is 9.63. The highest BCUT2D eigenvalue weighted by molar-refractivity contribution is 9.10. The summed E-state index contributed by atoms with van der Waals surface area (Å²) in [5.41, 5.74) is 1.08. The van der Waals surface area contributed by atoms with Gasteiger partial charge < -0.3 is 4.74 Å². The van der Waals surface area contributed by atoms with E-state index in [9.17, 15) is 14.4 Å². The molecule has 156 valence electrons. The van der Waals surface area contributed by atoms with Crippen LogP contribution in [0.2, 0.25) is 0 Å². The molecule has 2 bridgehead atoms. The Morgan fingerprint density at radius 3 is 2.26 bits per heavy atom. The van der Waals surface area contributed by atoms with Crippen molar-refractivity contribution in [1.29, 1.82) is 0 Å². The molecule has 1 aliphatic heterocycles. The molecule has 5 aliphatic rings. The van der Waals surface area contributed by atoms with Gasteiger partial charge in [-0.2, -0.15) is 0 Å². The molecule has 2 aromatic carbocycles. The summed E-state index contributed by atoms with van der Waals surface area (Å²) in [6, 6.07) is 14.0. The predicted octanol–water partition coefficient (Wildman–Crippen LogP) is 4.27. The van der Waals surface area contributed by atoms with Crippen LogP contribution in [0.4, 0.5) is 5.69 Å². The van der Waals surface area contributed by atoms with Crippen LogP contribution in [0.15, 0.2) is 65.2 Å². The van der Waals surface area contributed by atoms with Gasteiger partial charge in [0.05, 0.1) is 17.5 Å². The quantitative estimate of drug-likeness (QED) is 0.366. The normalized spacial score (nSPS) is 32.1. The molecule has 0 spiro atoms. The summed E-state index contributed by atoms with van der Waals surface area (Å²) in [7, 11) is 0. The number of allylic oxidation sites excluding steroid dienone is 2. The molecule has 6 heteroatoms. The molecule has 6 unspecified atom stereocenters. The van der Waals surface area contributed by atoms with Gasteiger partial charge in [-0.25, -0.2) is 4.90 Å². The minimum absolute atomic E-state index is 0.0946. The Kier molecular flexibility index (Phi) is 4.22. The van der Waals surface area contributed by atoms with Crippen LogP contribution in [0.5, 0.6) is 5.75 Å². The van der Waals surface area contributed by atoms with Gasteiger partial charge >= 0.3 is 0 Å². The number of ether oxygens (including phenoxy) is 1. The van der Waals surface area contributed by atoms with Crippen LogP contribution in [0.1, 0.15) is 16.8 Å². The average Bonchev–Trinajstić information content (AvgIpc) is 3.56. The second-order valence-corrected chi connectivity index (χ2v) is 9.80. The van der Waals surface area contributed by atoms with Crippen molar-refractivity contribution in [3.8, 4) is 5.75 Å². The third-order valence-electron chi connectivity index (χ3n) is 7.27. The van der Waals surface area contributed by atoms with Gasteiger partial charge in [-0.05, 0) is 54.4 Å². The highest BCUT2D eigenvalue weighted by Crippen LogP contribution is 2.65. The summed E-state index contributed by atoms with van der Waals surface area (Å²) in [4.78, 5) is 40.3. The number of amides is 2. The maximum atomic E-state index is 13.3. The van der Waals surface area contributed by atoms with E-state index in [-0.39, 0.29) is 47.9 Å². The molecule has 1 saturated heterocycles. The fraction of sp³-hybridized carbons (Fsp3) is 0.320. The lowest BCUT2D eigenvalue weighted by Gasteiger charge is -2.37. The summed E-state index contributed by atoms with van der Waals surface area (Å²) in [5.74, 6) is 1.23. The summed E-state index contributed by atoms with van der Waals surface area (Å²) < 4.78 is 6.60. The maximum Gasteiger partial charge on any atom is 0.238 e. The number of carbonyl (C=O) groups excluding carboxylic acids is 3. The first-order valence-electron chi connectivity index (χ1n) is 10.6. The number of nitrogens with zero attached hydrogens (tertiary/aromatic N) is 1. The van der Waals surface area contributed by atoms with Crippen LogP contribution in [-0.4, -0.2) is 24.2 Å². The third kappa shape index (κ3) is 2.92. The number of rotatable bonds is 5. The summed E-state index contributed by atoms with van der Waals surface area (Å²) in [5, 5.41) is 0. The number of ketones is 1. The Morgan fingerprint density at radius 2 is 1.61 bits per heavy atom. The molecule has 2 aromatic rings. The highest BCUT2D eigenvalue weighted by Gasteiger charge is 2.67. The van der Waals surface area contributed by atoms with Gasteiger partial charge in [-0.3, -0.25) is 14.4 Å². The van der Waals surface area contributed by atoms with Crippen LogP contribution in [0.25, 0.3) is 0 Å². The van der Waals surface area contributed by atoms with Crippen LogP contribution in [0.3, 0.4) is 0 Å². The predicted molar refractivity (Wildman–Crippen MR) is 118 cm³/mol. The van der Waals surface area contributed by atoms with Crippen molar-refractivity contribution in [3.63, 3.8) is 0 Å². The van der Waals surface area contributed by atoms with E-state index in [2.05, 4.69) is 28.1 Å². The number of imide groups is 1. The van der Waals surface area contributed by atoms with Gasteiger partial charge in [0.25, 0.3) is 0 Å². The van der Waals surface area contributed by atoms with Crippen molar-refractivity contribution in [2.45, 2.75) is 6.42 Å². The molecule has 5 nitrogen and oxygen atoms in total. The van der Waals surface area contributed by atoms with E-state index in [1.165, 1.54) is 4.90 Å². The Balaban J connectivity index is 1.20. The standard InChI is InChI=1S/C25H20BrNO4/c26-14-6-4-13(5-7-14)21(28)12-31-16-3-1-2-15(10-16)27-24(29)22-17-8-9-18(20-11-19(17)20)23(22)25(27)30/h1-10,17-20,22-23H,11-12H2. The minimum atomic E-state index is -0.227. The van der Waals surface area contributed by atoms with Crippen molar-refractivity contribution in [2.75, 3.05) is 11.5 Å². The Bertz CT molecular complexity index is 1100. The number of benzene rings is 2. The molecule has 2 amide bonds. The smallest absolute Gasteiger partial charge is 0.238 e. The van der Waals surface area contributed by atoms with E-state index in [1.54, 1.807) is 36.4 Å². The number of hydrogen-bond acceptors (Lipinski definition) is 4. The van der Waals surface area contributed by atoms with Crippen molar-refractivity contribution in [2.24, 2.45) is 35.5 Å². The van der Waals surface area contributed by atoms with E-state index >= 15 is 0 Å². The lowest BCUT2D eigenvalue weighted by molar-refractivity contribution is -0.124. The van der Waals surface area contributed by atoms with Crippen LogP contribution in [-0.2, 0) is 9.59 Å². The van der Waals surface area contributed by atoms with E-state index in [4.69, 9.17) is 4.74 Å². The van der Waals surface area contributed by atoms with Gasteiger partial charge in [-0.1, -0.05) is 46.3 Å². The van der Waals surface area contributed by atoms with E-state index < -0.39 is 0 Å². The number of anilines is 1. The first-order valence-corrected chi connectivity index (χ1v) is 11.4. The number of halogens is 1. The van der Waals surface area contributed by atoms with Crippen molar-refractivity contribution >= 4 is 39.2 Å². The lowest BCUT2D eigenvalue weighted by Crippen LogP contribution is -2.40. The molecular weight excluding hydrogens is 458 g/mol. The number of hydrogen-bond donors (Lipinski definition) is 0. The van der Waals surface area contributed by atoms with E-state index in [0.717, 1.165) is 10.9 Å². The molecule has 7 rings (SSSR count). The molecule has 4 aliphatic carbocycles. The Labute approximate surface area is 188 Å². The number of Topliss-reactive ketones (excluding diaryl/α,β-unsaturated/α-hetero) is 1. The van der Waals surface area contributed by atoms with Gasteiger partial charge in [0, 0.05) is 16.1 Å². The largest absolute Gasteiger partial charge is 0.485 e. The molecule has 0 radical (unpaired) electrons. The molecule has 31 heavy (non-hydrogen) atoms. The van der Waals surface area contributed by atoms with Gasteiger partial charge in [0.1, 0.15) is 5.75 Å². The maximum absolute atomic E-state index is 13.3. The molecule has 0 N–H and O–H groups in total. The second-order valence-electron chi connectivity index (χ2n) is 8.88. The molecule has 6 atom stereocenters. The topological polar surface area (TPSA) is 63.7 Å². The number of carbonyl (C=O) groups is 3. The molecule has 1 heterocycles. The van der Waals surface area contributed by atoms with Crippen LogP contribution in [0, 0.1) is 35.5 Å². The summed E-state index contributed by atoms with van der Waals surface area (Å²) >= 11 is 3.35. The fourth-order valence-electron chi connectivity index (χ4n) is 5.79. The van der Waals surface area contributed by atoms with Crippen molar-refractivity contribution in [1.82, 2.24) is 0 Å². The third-order valence-corrected chi connectivity index (χ3v) is 7.80. The highest BCUT2D eigenvalue weighted by atomic mass is 79.9. The van der Waals surface area contributed by atoms with Crippen molar-refractivity contribution in [3.05, 3.63) is 70.7 Å². The monoisotopic (exact) mass is 477 g/mol. The first-order chi connectivity index (χ1) is 15.0. The zero-order chi connectivity index (χ0) is 21.3. The molecular formula is C25H20BrNO4. The zero-order valence-electron chi connectivity index (χ0n) is 16.6. The van der Waals surface area contributed by atoms with E-state index in [1.807, 2.05) is 12.1 Å². The van der Waals surface area contributed by atoms with Gasteiger partial charge in [0.2, 0.25) is 11.8 Å². The summed E-state index contributed by atoms with van der Waals surface area (Å²) in [6.45, 7) is -0.115. The van der Waals surface area contributed by atoms with Gasteiger partial charge in [0.15, 0.2) is 12.4 Å². The van der Waals surface area contributed by atoms with Crippen molar-refractivity contribution < 1.29 is 19.1 Å². The molecule has 2 saturated carbocycles. The molecule has 3 fully saturated rings.